The molecule has 9 aromatic rings. The summed E-state index contributed by atoms with van der Waals surface area (Å²) in [5, 5.41) is 10.2. The SMILES string of the molecule is [HH].c1ccc(-c2c3ccccc3c(-c3ccc4c(-c5ccccc5)c(-c5ccccc5)c5ccccc5c4c3)c3ccccc23)cc1. The number of fused-ring (bicyclic) bond motifs is 5. The van der Waals surface area contributed by atoms with Crippen LogP contribution in [-0.2, 0) is 0 Å². The molecule has 0 saturated carbocycles. The van der Waals surface area contributed by atoms with Gasteiger partial charge in [0.25, 0.3) is 0 Å². The summed E-state index contributed by atoms with van der Waals surface area (Å²) in [7, 11) is 0. The molecule has 0 N–H and O–H groups in total. The van der Waals surface area contributed by atoms with Crippen molar-refractivity contribution < 1.29 is 1.43 Å². The van der Waals surface area contributed by atoms with Gasteiger partial charge in [0.2, 0.25) is 0 Å². The predicted molar refractivity (Wildman–Crippen MR) is 200 cm³/mol. The van der Waals surface area contributed by atoms with Gasteiger partial charge in [0.05, 0.1) is 0 Å². The topological polar surface area (TPSA) is 0 Å². The van der Waals surface area contributed by atoms with Crippen LogP contribution in [0.5, 0.6) is 0 Å². The van der Waals surface area contributed by atoms with Crippen LogP contribution >= 0.6 is 0 Å². The van der Waals surface area contributed by atoms with Crippen LogP contribution in [0.1, 0.15) is 1.43 Å². The molecule has 0 nitrogen and oxygen atoms in total. The van der Waals surface area contributed by atoms with Gasteiger partial charge in [0.15, 0.2) is 0 Å². The third kappa shape index (κ3) is 4.15. The minimum Gasteiger partial charge on any atom is -0.0622 e. The number of rotatable bonds is 4. The molecule has 216 valence electrons. The fraction of sp³-hybridized carbons (Fsp3) is 0. The largest absolute Gasteiger partial charge is 0.0622 e. The molecule has 0 fully saturated rings. The van der Waals surface area contributed by atoms with Crippen LogP contribution in [0.2, 0.25) is 0 Å². The quantitative estimate of drug-likeness (QED) is 0.143. The van der Waals surface area contributed by atoms with E-state index in [1.807, 2.05) is 0 Å². The Morgan fingerprint density at radius 2 is 0.500 bits per heavy atom. The van der Waals surface area contributed by atoms with Crippen LogP contribution in [0, 0.1) is 0 Å². The van der Waals surface area contributed by atoms with Crippen molar-refractivity contribution in [3.63, 3.8) is 0 Å². The Labute approximate surface area is 270 Å². The van der Waals surface area contributed by atoms with Crippen LogP contribution in [0.3, 0.4) is 0 Å². The van der Waals surface area contributed by atoms with Crippen molar-refractivity contribution in [3.05, 3.63) is 182 Å². The van der Waals surface area contributed by atoms with Gasteiger partial charge in [-0.05, 0) is 93.7 Å². The number of benzene rings is 9. The molecule has 0 spiro atoms. The molecule has 0 heteroatoms. The maximum Gasteiger partial charge on any atom is 0 e. The molecule has 46 heavy (non-hydrogen) atoms. The minimum absolute atomic E-state index is 0. The normalized spacial score (nSPS) is 11.5. The second kappa shape index (κ2) is 10.9. The van der Waals surface area contributed by atoms with Gasteiger partial charge in [0, 0.05) is 1.43 Å². The summed E-state index contributed by atoms with van der Waals surface area (Å²) in [5.74, 6) is 0. The van der Waals surface area contributed by atoms with E-state index in [0.29, 0.717) is 0 Å². The van der Waals surface area contributed by atoms with Crippen molar-refractivity contribution in [2.75, 3.05) is 0 Å². The van der Waals surface area contributed by atoms with Gasteiger partial charge in [-0.3, -0.25) is 0 Å². The molecule has 0 unspecified atom stereocenters. The Kier molecular flexibility index (Phi) is 6.25. The van der Waals surface area contributed by atoms with Crippen molar-refractivity contribution in [2.24, 2.45) is 0 Å². The molecule has 0 heterocycles. The molecule has 0 bridgehead atoms. The molecular formula is C46H32. The van der Waals surface area contributed by atoms with Crippen molar-refractivity contribution in [1.82, 2.24) is 0 Å². The first-order valence-electron chi connectivity index (χ1n) is 16.0. The monoisotopic (exact) mass is 584 g/mol. The predicted octanol–water partition coefficient (Wildman–Crippen LogP) is 13.2. The smallest absolute Gasteiger partial charge is 0 e. The first kappa shape index (κ1) is 26.4. The highest BCUT2D eigenvalue weighted by Crippen LogP contribution is 2.48. The zero-order valence-corrected chi connectivity index (χ0v) is 25.3. The summed E-state index contributed by atoms with van der Waals surface area (Å²) in [6.45, 7) is 0. The van der Waals surface area contributed by atoms with Crippen LogP contribution < -0.4 is 0 Å². The molecule has 0 radical (unpaired) electrons. The van der Waals surface area contributed by atoms with Gasteiger partial charge in [-0.25, -0.2) is 0 Å². The van der Waals surface area contributed by atoms with E-state index < -0.39 is 0 Å². The average Bonchev–Trinajstić information content (AvgIpc) is 3.14. The third-order valence-electron chi connectivity index (χ3n) is 9.43. The van der Waals surface area contributed by atoms with Gasteiger partial charge in [-0.15, -0.1) is 0 Å². The van der Waals surface area contributed by atoms with Gasteiger partial charge >= 0.3 is 0 Å². The lowest BCUT2D eigenvalue weighted by Gasteiger charge is -2.21. The summed E-state index contributed by atoms with van der Waals surface area (Å²) in [5.41, 5.74) is 10.1. The van der Waals surface area contributed by atoms with E-state index in [4.69, 9.17) is 0 Å². The molecule has 0 amide bonds. The maximum absolute atomic E-state index is 2.44. The molecular weight excluding hydrogens is 553 g/mol. The Bertz CT molecular complexity index is 2490. The molecule has 0 saturated heterocycles. The fourth-order valence-corrected chi connectivity index (χ4v) is 7.51. The van der Waals surface area contributed by atoms with E-state index in [9.17, 15) is 0 Å². The zero-order valence-electron chi connectivity index (χ0n) is 25.3. The zero-order chi connectivity index (χ0) is 30.5. The van der Waals surface area contributed by atoms with Crippen LogP contribution in [0.25, 0.3) is 87.6 Å². The molecule has 0 atom stereocenters. The standard InChI is InChI=1S/C46H30.H2/c1-4-16-31(17-5-1)43-37-24-12-14-26-39(37)44(40-27-15-13-25-38(40)43)34-28-29-41-42(30-34)35-22-10-11-23-36(35)45(32-18-6-2-7-19-32)46(41)33-20-8-3-9-21-33;/h1-30H;1H. The average molecular weight is 585 g/mol. The summed E-state index contributed by atoms with van der Waals surface area (Å²) in [6, 6.07) is 66.4. The summed E-state index contributed by atoms with van der Waals surface area (Å²) in [4.78, 5) is 0. The maximum atomic E-state index is 2.44. The Balaban J connectivity index is 0.00000324. The van der Waals surface area contributed by atoms with Crippen molar-refractivity contribution in [3.8, 4) is 44.5 Å². The molecule has 9 aromatic carbocycles. The van der Waals surface area contributed by atoms with E-state index in [-0.39, 0.29) is 1.43 Å². The van der Waals surface area contributed by atoms with Crippen LogP contribution in [0.15, 0.2) is 182 Å². The molecule has 0 aromatic heterocycles. The van der Waals surface area contributed by atoms with Gasteiger partial charge in [0.1, 0.15) is 0 Å². The highest BCUT2D eigenvalue weighted by molar-refractivity contribution is 6.25. The van der Waals surface area contributed by atoms with Gasteiger partial charge in [-0.1, -0.05) is 176 Å². The van der Waals surface area contributed by atoms with Crippen molar-refractivity contribution in [1.29, 1.82) is 0 Å². The van der Waals surface area contributed by atoms with Crippen molar-refractivity contribution >= 4 is 43.1 Å². The van der Waals surface area contributed by atoms with Gasteiger partial charge < -0.3 is 0 Å². The minimum atomic E-state index is 0. The highest BCUT2D eigenvalue weighted by Gasteiger charge is 2.20. The Morgan fingerprint density at radius 3 is 0.935 bits per heavy atom. The number of hydrogen-bond donors (Lipinski definition) is 0. The highest BCUT2D eigenvalue weighted by atomic mass is 14.2. The Hall–Kier alpha value is -5.98. The second-order valence-corrected chi connectivity index (χ2v) is 12.0. The van der Waals surface area contributed by atoms with Gasteiger partial charge in [-0.2, -0.15) is 0 Å². The number of hydrogen-bond acceptors (Lipinski definition) is 0. The second-order valence-electron chi connectivity index (χ2n) is 12.0. The van der Waals surface area contributed by atoms with Crippen LogP contribution in [-0.4, -0.2) is 0 Å². The molecule has 9 rings (SSSR count). The molecule has 0 aliphatic carbocycles. The molecule has 0 aliphatic rings. The first-order chi connectivity index (χ1) is 22.9. The van der Waals surface area contributed by atoms with E-state index in [1.54, 1.807) is 0 Å². The lowest BCUT2D eigenvalue weighted by Crippen LogP contribution is -1.93. The van der Waals surface area contributed by atoms with E-state index in [2.05, 4.69) is 182 Å². The first-order valence-corrected chi connectivity index (χ1v) is 16.0. The van der Waals surface area contributed by atoms with E-state index in [1.165, 1.54) is 87.6 Å². The third-order valence-corrected chi connectivity index (χ3v) is 9.43. The van der Waals surface area contributed by atoms with Crippen LogP contribution in [0.4, 0.5) is 0 Å². The van der Waals surface area contributed by atoms with Crippen molar-refractivity contribution in [2.45, 2.75) is 0 Å². The molecule has 0 aliphatic heterocycles. The van der Waals surface area contributed by atoms with E-state index >= 15 is 0 Å². The summed E-state index contributed by atoms with van der Waals surface area (Å²) < 4.78 is 0. The lowest BCUT2D eigenvalue weighted by molar-refractivity contribution is 1.62. The fourth-order valence-electron chi connectivity index (χ4n) is 7.51. The summed E-state index contributed by atoms with van der Waals surface area (Å²) in [6.07, 6.45) is 0. The van der Waals surface area contributed by atoms with E-state index in [0.717, 1.165) is 0 Å². The summed E-state index contributed by atoms with van der Waals surface area (Å²) >= 11 is 0. The lowest BCUT2D eigenvalue weighted by atomic mass is 9.82. The Morgan fingerprint density at radius 1 is 0.196 bits per heavy atom.